The molecule has 1 fully saturated rings. The molecule has 0 aliphatic carbocycles. The minimum atomic E-state index is -0.798. The van der Waals surface area contributed by atoms with E-state index in [1.807, 2.05) is 0 Å². The molecule has 5 rings (SSSR count). The summed E-state index contributed by atoms with van der Waals surface area (Å²) >= 11 is 0. The second kappa shape index (κ2) is 7.90. The van der Waals surface area contributed by atoms with Crippen LogP contribution in [0, 0.1) is 0 Å². The van der Waals surface area contributed by atoms with Crippen LogP contribution >= 0.6 is 0 Å². The molecule has 2 aliphatic rings. The van der Waals surface area contributed by atoms with Gasteiger partial charge in [-0.25, -0.2) is 4.98 Å². The Morgan fingerprint density at radius 1 is 1.00 bits per heavy atom. The van der Waals surface area contributed by atoms with Crippen LogP contribution in [0.25, 0.3) is 11.0 Å². The van der Waals surface area contributed by atoms with Crippen molar-refractivity contribution in [3.05, 3.63) is 71.0 Å². The number of benzene rings is 2. The van der Waals surface area contributed by atoms with Crippen LogP contribution in [-0.2, 0) is 16.1 Å². The van der Waals surface area contributed by atoms with Crippen LogP contribution in [0.15, 0.2) is 48.7 Å². The average Bonchev–Trinajstić information content (AvgIpc) is 3.15. The zero-order valence-corrected chi connectivity index (χ0v) is 17.2. The highest BCUT2D eigenvalue weighted by Crippen LogP contribution is 2.29. The third-order valence-corrected chi connectivity index (χ3v) is 5.71. The van der Waals surface area contributed by atoms with Gasteiger partial charge in [-0.15, -0.1) is 0 Å². The Morgan fingerprint density at radius 2 is 1.79 bits per heavy atom. The number of nitrogens with zero attached hydrogens (tertiary/aromatic N) is 3. The van der Waals surface area contributed by atoms with Crippen molar-refractivity contribution in [3.63, 3.8) is 0 Å². The third-order valence-electron chi connectivity index (χ3n) is 5.71. The van der Waals surface area contributed by atoms with Crippen molar-refractivity contribution in [3.8, 4) is 0 Å². The molecule has 3 aromatic rings. The monoisotopic (exact) mass is 443 g/mol. The first-order valence-electron chi connectivity index (χ1n) is 10.3. The van der Waals surface area contributed by atoms with Gasteiger partial charge in [-0.05, 0) is 30.2 Å². The molecular weight excluding hydrogens is 426 g/mol. The summed E-state index contributed by atoms with van der Waals surface area (Å²) in [4.78, 5) is 72.1. The van der Waals surface area contributed by atoms with Gasteiger partial charge >= 0.3 is 0 Å². The first-order valence-corrected chi connectivity index (χ1v) is 10.3. The summed E-state index contributed by atoms with van der Waals surface area (Å²) in [6.07, 6.45) is 1.62. The number of rotatable bonds is 3. The fourth-order valence-electron chi connectivity index (χ4n) is 4.10. The van der Waals surface area contributed by atoms with E-state index in [9.17, 15) is 24.0 Å². The molecule has 1 aromatic heterocycles. The maximum atomic E-state index is 13.1. The van der Waals surface area contributed by atoms with E-state index in [0.717, 1.165) is 0 Å². The normalized spacial score (nSPS) is 17.6. The highest BCUT2D eigenvalue weighted by atomic mass is 16.2. The van der Waals surface area contributed by atoms with Crippen LogP contribution in [0.1, 0.15) is 49.6 Å². The Morgan fingerprint density at radius 3 is 2.58 bits per heavy atom. The van der Waals surface area contributed by atoms with Gasteiger partial charge < -0.3 is 4.90 Å². The Labute approximate surface area is 187 Å². The summed E-state index contributed by atoms with van der Waals surface area (Å²) < 4.78 is 0. The van der Waals surface area contributed by atoms with Crippen molar-refractivity contribution in [1.29, 1.82) is 0 Å². The fraction of sp³-hybridized carbons (Fsp3) is 0.174. The molecule has 0 saturated carbocycles. The van der Waals surface area contributed by atoms with Gasteiger partial charge in [-0.2, -0.15) is 0 Å². The van der Waals surface area contributed by atoms with E-state index < -0.39 is 29.7 Å². The van der Waals surface area contributed by atoms with Crippen LogP contribution in [-0.4, -0.2) is 50.4 Å². The van der Waals surface area contributed by atoms with Crippen molar-refractivity contribution in [2.75, 3.05) is 0 Å². The maximum Gasteiger partial charge on any atom is 0.278 e. The number of hydrogen-bond donors (Lipinski definition) is 2. The Kier molecular flexibility index (Phi) is 4.89. The van der Waals surface area contributed by atoms with Crippen molar-refractivity contribution < 1.29 is 24.0 Å². The summed E-state index contributed by atoms with van der Waals surface area (Å²) in [6.45, 7) is 0.131. The maximum absolute atomic E-state index is 13.1. The predicted molar refractivity (Wildman–Crippen MR) is 114 cm³/mol. The lowest BCUT2D eigenvalue weighted by Crippen LogP contribution is -2.52. The van der Waals surface area contributed by atoms with Gasteiger partial charge in [0.1, 0.15) is 11.7 Å². The molecule has 164 valence electrons. The summed E-state index contributed by atoms with van der Waals surface area (Å²) in [5.74, 6) is -2.92. The van der Waals surface area contributed by atoms with E-state index >= 15 is 0 Å². The van der Waals surface area contributed by atoms with Gasteiger partial charge in [0.15, 0.2) is 0 Å². The molecule has 0 bridgehead atoms. The van der Waals surface area contributed by atoms with Gasteiger partial charge in [-0.1, -0.05) is 24.3 Å². The van der Waals surface area contributed by atoms with Crippen LogP contribution < -0.4 is 10.6 Å². The van der Waals surface area contributed by atoms with E-state index in [-0.39, 0.29) is 42.1 Å². The molecule has 1 saturated heterocycles. The number of piperidine rings is 1. The van der Waals surface area contributed by atoms with E-state index in [1.165, 1.54) is 17.2 Å². The fourth-order valence-corrected chi connectivity index (χ4v) is 4.10. The zero-order valence-electron chi connectivity index (χ0n) is 17.2. The van der Waals surface area contributed by atoms with Crippen molar-refractivity contribution in [2.24, 2.45) is 0 Å². The van der Waals surface area contributed by atoms with E-state index in [0.29, 0.717) is 16.6 Å². The van der Waals surface area contributed by atoms with Crippen molar-refractivity contribution >= 4 is 40.6 Å². The zero-order chi connectivity index (χ0) is 23.1. The molecule has 2 aliphatic heterocycles. The molecule has 1 atom stereocenters. The standard InChI is InChI=1S/C23H17N5O5/c29-18-9-8-17(22(32)26-18)28-11-12-4-3-5-13(19(12)23(28)33)20(30)27-21(31)16-10-24-14-6-1-2-7-15(14)25-16/h1-7,10,17H,8-9,11H2,(H,26,29,32)(H,27,30,31). The predicted octanol–water partition coefficient (Wildman–Crippen LogP) is 0.961. The third kappa shape index (κ3) is 3.61. The molecule has 0 radical (unpaired) electrons. The smallest absolute Gasteiger partial charge is 0.278 e. The SMILES string of the molecule is O=C1CCC(N2Cc3cccc(C(=O)NC(=O)c4cnc5ccccc5n4)c3C2=O)C(=O)N1. The van der Waals surface area contributed by atoms with Gasteiger partial charge in [-0.3, -0.25) is 39.6 Å². The minimum absolute atomic E-state index is 0.0226. The van der Waals surface area contributed by atoms with Gasteiger partial charge in [0.2, 0.25) is 11.8 Å². The second-order valence-corrected chi connectivity index (χ2v) is 7.77. The molecule has 2 N–H and O–H groups in total. The number of nitrogens with one attached hydrogen (secondary N) is 2. The van der Waals surface area contributed by atoms with Gasteiger partial charge in [0.25, 0.3) is 17.7 Å². The van der Waals surface area contributed by atoms with E-state index in [2.05, 4.69) is 20.6 Å². The summed E-state index contributed by atoms with van der Waals surface area (Å²) in [5.41, 5.74) is 1.81. The van der Waals surface area contributed by atoms with Crippen molar-refractivity contribution in [2.45, 2.75) is 25.4 Å². The molecular formula is C23H17N5O5. The Bertz CT molecular complexity index is 1370. The highest BCUT2D eigenvalue weighted by Gasteiger charge is 2.40. The van der Waals surface area contributed by atoms with Crippen LogP contribution in [0.3, 0.4) is 0 Å². The Balaban J connectivity index is 1.38. The lowest BCUT2D eigenvalue weighted by molar-refractivity contribution is -0.136. The number of amides is 5. The molecule has 1 unspecified atom stereocenters. The number of carbonyl (C=O) groups excluding carboxylic acids is 5. The first-order chi connectivity index (χ1) is 15.9. The molecule has 0 spiro atoms. The molecule has 3 heterocycles. The number of aromatic nitrogens is 2. The number of para-hydroxylation sites is 2. The number of imide groups is 2. The second-order valence-electron chi connectivity index (χ2n) is 7.77. The quantitative estimate of drug-likeness (QED) is 0.575. The molecule has 10 nitrogen and oxygen atoms in total. The summed E-state index contributed by atoms with van der Waals surface area (Å²) in [5, 5.41) is 4.50. The first kappa shape index (κ1) is 20.4. The van der Waals surface area contributed by atoms with Crippen LogP contribution in [0.5, 0.6) is 0 Å². The number of fused-ring (bicyclic) bond motifs is 2. The van der Waals surface area contributed by atoms with Crippen LogP contribution in [0.2, 0.25) is 0 Å². The number of hydrogen-bond acceptors (Lipinski definition) is 7. The molecule has 10 heteroatoms. The van der Waals surface area contributed by atoms with Gasteiger partial charge in [0, 0.05) is 13.0 Å². The molecule has 5 amide bonds. The van der Waals surface area contributed by atoms with E-state index in [4.69, 9.17) is 0 Å². The van der Waals surface area contributed by atoms with E-state index in [1.54, 1.807) is 36.4 Å². The van der Waals surface area contributed by atoms with Crippen molar-refractivity contribution in [1.82, 2.24) is 25.5 Å². The molecule has 2 aromatic carbocycles. The van der Waals surface area contributed by atoms with Gasteiger partial charge in [0.05, 0.1) is 28.4 Å². The minimum Gasteiger partial charge on any atom is -0.322 e. The largest absolute Gasteiger partial charge is 0.322 e. The average molecular weight is 443 g/mol. The number of carbonyl (C=O) groups is 5. The highest BCUT2D eigenvalue weighted by molar-refractivity contribution is 6.16. The summed E-state index contributed by atoms with van der Waals surface area (Å²) in [7, 11) is 0. The topological polar surface area (TPSA) is 138 Å². The lowest BCUT2D eigenvalue weighted by Gasteiger charge is -2.29. The summed E-state index contributed by atoms with van der Waals surface area (Å²) in [6, 6.07) is 11.0. The van der Waals surface area contributed by atoms with Crippen LogP contribution in [0.4, 0.5) is 0 Å². The Hall–Kier alpha value is -4.47. The lowest BCUT2D eigenvalue weighted by atomic mass is 10.0. The molecule has 33 heavy (non-hydrogen) atoms.